The average molecular weight is 382 g/mol. The Hall–Kier alpha value is -2.99. The number of amides is 1. The van der Waals surface area contributed by atoms with Gasteiger partial charge >= 0.3 is 0 Å². The zero-order valence-corrected chi connectivity index (χ0v) is 16.7. The van der Waals surface area contributed by atoms with Gasteiger partial charge in [0.25, 0.3) is 5.91 Å². The molecule has 3 N–H and O–H groups in total. The van der Waals surface area contributed by atoms with Crippen molar-refractivity contribution in [3.63, 3.8) is 0 Å². The van der Waals surface area contributed by atoms with E-state index in [9.17, 15) is 4.79 Å². The predicted octanol–water partition coefficient (Wildman–Crippen LogP) is 1.56. The highest BCUT2D eigenvalue weighted by Gasteiger charge is 2.16. The fourth-order valence-electron chi connectivity index (χ4n) is 3.49. The van der Waals surface area contributed by atoms with Crippen LogP contribution in [0.2, 0.25) is 0 Å². The van der Waals surface area contributed by atoms with Gasteiger partial charge in [0.1, 0.15) is 6.54 Å². The van der Waals surface area contributed by atoms with Gasteiger partial charge in [0.2, 0.25) is 0 Å². The number of nitrogens with one attached hydrogen (secondary N) is 3. The maximum Gasteiger partial charge on any atom is 0.275 e. The quantitative estimate of drug-likeness (QED) is 0.526. The van der Waals surface area contributed by atoms with Crippen molar-refractivity contribution in [1.29, 1.82) is 0 Å². The topological polar surface area (TPSA) is 67.8 Å². The number of rotatable bonds is 9. The lowest BCUT2D eigenvalue weighted by atomic mass is 10.1. The van der Waals surface area contributed by atoms with E-state index in [1.807, 2.05) is 43.6 Å². The Morgan fingerprint density at radius 3 is 2.68 bits per heavy atom. The molecule has 0 radical (unpaired) electrons. The third kappa shape index (κ3) is 4.64. The van der Waals surface area contributed by atoms with Crippen molar-refractivity contribution in [2.75, 3.05) is 34.4 Å². The summed E-state index contributed by atoms with van der Waals surface area (Å²) >= 11 is 0. The number of likely N-dealkylation sites (N-methyl/N-ethyl adjacent to an activating group) is 1. The first-order valence-corrected chi connectivity index (χ1v) is 9.45. The van der Waals surface area contributed by atoms with Gasteiger partial charge in [-0.15, -0.1) is 0 Å². The van der Waals surface area contributed by atoms with Gasteiger partial charge in [-0.25, -0.2) is 0 Å². The smallest absolute Gasteiger partial charge is 0.275 e. The number of carbonyl (C=O) groups is 1. The predicted molar refractivity (Wildman–Crippen MR) is 110 cm³/mol. The molecule has 0 aliphatic carbocycles. The molecule has 1 unspecified atom stereocenters. The molecule has 28 heavy (non-hydrogen) atoms. The minimum Gasteiger partial charge on any atom is -0.493 e. The molecule has 0 saturated heterocycles. The summed E-state index contributed by atoms with van der Waals surface area (Å²) in [4.78, 5) is 16.7. The van der Waals surface area contributed by atoms with Crippen LogP contribution in [-0.2, 0) is 17.8 Å². The monoisotopic (exact) mass is 382 g/mol. The molecule has 1 atom stereocenters. The molecular formula is C22H28N3O3+. The van der Waals surface area contributed by atoms with Gasteiger partial charge < -0.3 is 24.7 Å². The van der Waals surface area contributed by atoms with E-state index < -0.39 is 0 Å². The first-order valence-electron chi connectivity index (χ1n) is 9.45. The summed E-state index contributed by atoms with van der Waals surface area (Å²) in [7, 11) is 5.26. The van der Waals surface area contributed by atoms with Crippen molar-refractivity contribution < 1.29 is 19.2 Å². The zero-order chi connectivity index (χ0) is 19.9. The van der Waals surface area contributed by atoms with Crippen molar-refractivity contribution >= 4 is 16.8 Å². The van der Waals surface area contributed by atoms with E-state index in [1.54, 1.807) is 14.2 Å². The van der Waals surface area contributed by atoms with E-state index >= 15 is 0 Å². The molecule has 1 heterocycles. The first kappa shape index (κ1) is 19.8. The number of carbonyl (C=O) groups excluding carboxylic acids is 1. The molecule has 2 aromatic carbocycles. The zero-order valence-electron chi connectivity index (χ0n) is 16.7. The number of methoxy groups -OCH3 is 2. The fraction of sp³-hybridized carbons (Fsp3) is 0.318. The Kier molecular flexibility index (Phi) is 6.55. The maximum absolute atomic E-state index is 12.3. The maximum atomic E-state index is 12.3. The summed E-state index contributed by atoms with van der Waals surface area (Å²) in [5.74, 6) is 1.47. The van der Waals surface area contributed by atoms with Gasteiger partial charge in [-0.05, 0) is 30.2 Å². The third-order valence-electron chi connectivity index (χ3n) is 4.83. The van der Waals surface area contributed by atoms with Crippen LogP contribution in [0.5, 0.6) is 11.5 Å². The van der Waals surface area contributed by atoms with Gasteiger partial charge in [-0.3, -0.25) is 4.79 Å². The van der Waals surface area contributed by atoms with Crippen LogP contribution in [-0.4, -0.2) is 45.2 Å². The fourth-order valence-corrected chi connectivity index (χ4v) is 3.49. The highest BCUT2D eigenvalue weighted by atomic mass is 16.5. The molecule has 6 nitrogen and oxygen atoms in total. The van der Waals surface area contributed by atoms with Crippen molar-refractivity contribution in [3.8, 4) is 11.5 Å². The number of aromatic nitrogens is 1. The Bertz CT molecular complexity index is 936. The Labute approximate surface area is 165 Å². The van der Waals surface area contributed by atoms with Gasteiger partial charge in [0.15, 0.2) is 18.0 Å². The van der Waals surface area contributed by atoms with E-state index in [1.165, 1.54) is 10.9 Å². The number of quaternary nitrogens is 1. The van der Waals surface area contributed by atoms with E-state index in [4.69, 9.17) is 9.47 Å². The van der Waals surface area contributed by atoms with Crippen molar-refractivity contribution in [2.45, 2.75) is 13.0 Å². The first-order chi connectivity index (χ1) is 13.6. The lowest BCUT2D eigenvalue weighted by Gasteiger charge is -2.17. The number of fused-ring (bicyclic) bond motifs is 1. The molecule has 0 fully saturated rings. The minimum atomic E-state index is 0.0409. The number of ether oxygens (including phenoxy) is 2. The molecule has 1 amide bonds. The molecular weight excluding hydrogens is 354 g/mol. The lowest BCUT2D eigenvalue weighted by molar-refractivity contribution is -0.885. The second-order valence-electron chi connectivity index (χ2n) is 6.92. The van der Waals surface area contributed by atoms with Crippen molar-refractivity contribution in [1.82, 2.24) is 10.3 Å². The molecule has 3 rings (SSSR count). The molecule has 0 spiro atoms. The van der Waals surface area contributed by atoms with Crippen LogP contribution in [0.15, 0.2) is 48.7 Å². The second-order valence-corrected chi connectivity index (χ2v) is 6.92. The van der Waals surface area contributed by atoms with E-state index in [0.717, 1.165) is 28.2 Å². The van der Waals surface area contributed by atoms with Crippen LogP contribution >= 0.6 is 0 Å². The van der Waals surface area contributed by atoms with Gasteiger partial charge in [-0.1, -0.05) is 24.3 Å². The van der Waals surface area contributed by atoms with Crippen LogP contribution in [0.4, 0.5) is 0 Å². The number of para-hydroxylation sites is 2. The Balaban J connectivity index is 1.49. The lowest BCUT2D eigenvalue weighted by Crippen LogP contribution is -3.08. The van der Waals surface area contributed by atoms with E-state index in [0.29, 0.717) is 25.4 Å². The van der Waals surface area contributed by atoms with Crippen LogP contribution in [0.25, 0.3) is 10.9 Å². The van der Waals surface area contributed by atoms with E-state index in [2.05, 4.69) is 22.4 Å². The third-order valence-corrected chi connectivity index (χ3v) is 4.83. The Morgan fingerprint density at radius 1 is 1.07 bits per heavy atom. The van der Waals surface area contributed by atoms with E-state index in [-0.39, 0.29) is 5.91 Å². The van der Waals surface area contributed by atoms with Crippen LogP contribution in [0, 0.1) is 0 Å². The number of aromatic amines is 1. The summed E-state index contributed by atoms with van der Waals surface area (Å²) in [6.07, 6.45) is 2.82. The summed E-state index contributed by atoms with van der Waals surface area (Å²) in [5, 5.41) is 4.24. The molecule has 3 aromatic rings. The van der Waals surface area contributed by atoms with Crippen LogP contribution in [0.3, 0.4) is 0 Å². The highest BCUT2D eigenvalue weighted by Crippen LogP contribution is 2.30. The SMILES string of the molecule is COc1cccc(C[NH+](C)CC(=O)NCCc2c[nH]c3ccccc23)c1OC. The summed E-state index contributed by atoms with van der Waals surface area (Å²) in [6, 6.07) is 14.0. The summed E-state index contributed by atoms with van der Waals surface area (Å²) in [6.45, 7) is 1.70. The Morgan fingerprint density at radius 2 is 1.89 bits per heavy atom. The minimum absolute atomic E-state index is 0.0409. The summed E-state index contributed by atoms with van der Waals surface area (Å²) in [5.41, 5.74) is 3.36. The molecule has 0 aliphatic rings. The van der Waals surface area contributed by atoms with Crippen molar-refractivity contribution in [2.24, 2.45) is 0 Å². The number of hydrogen-bond acceptors (Lipinski definition) is 3. The number of H-pyrrole nitrogens is 1. The second kappa shape index (κ2) is 9.28. The molecule has 6 heteroatoms. The molecule has 0 saturated carbocycles. The van der Waals surface area contributed by atoms with Crippen LogP contribution in [0.1, 0.15) is 11.1 Å². The van der Waals surface area contributed by atoms with Crippen LogP contribution < -0.4 is 19.7 Å². The number of benzene rings is 2. The van der Waals surface area contributed by atoms with Gasteiger partial charge in [-0.2, -0.15) is 0 Å². The largest absolute Gasteiger partial charge is 0.493 e. The molecule has 148 valence electrons. The average Bonchev–Trinajstić information content (AvgIpc) is 3.11. The van der Waals surface area contributed by atoms with Crippen molar-refractivity contribution in [3.05, 3.63) is 59.8 Å². The molecule has 0 bridgehead atoms. The molecule has 0 aliphatic heterocycles. The highest BCUT2D eigenvalue weighted by molar-refractivity contribution is 5.83. The van der Waals surface area contributed by atoms with Gasteiger partial charge in [0, 0.05) is 23.6 Å². The molecule has 1 aromatic heterocycles. The number of hydrogen-bond donors (Lipinski definition) is 3. The summed E-state index contributed by atoms with van der Waals surface area (Å²) < 4.78 is 10.8. The van der Waals surface area contributed by atoms with Gasteiger partial charge in [0.05, 0.1) is 26.8 Å². The normalized spacial score (nSPS) is 12.0. The standard InChI is InChI=1S/C22H27N3O3/c1-25(14-17-7-6-10-20(27-2)22(17)28-3)15-21(26)23-12-11-16-13-24-19-9-5-4-8-18(16)19/h4-10,13,24H,11-12,14-15H2,1-3H3,(H,23,26)/p+1.